The van der Waals surface area contributed by atoms with Crippen LogP contribution in [0.3, 0.4) is 0 Å². The van der Waals surface area contributed by atoms with E-state index in [1.807, 2.05) is 42.5 Å². The summed E-state index contributed by atoms with van der Waals surface area (Å²) in [6.07, 6.45) is 0. The van der Waals surface area contributed by atoms with Crippen molar-refractivity contribution in [2.24, 2.45) is 7.05 Å². The van der Waals surface area contributed by atoms with Gasteiger partial charge in [0, 0.05) is 12.4 Å². The van der Waals surface area contributed by atoms with Crippen LogP contribution < -0.4 is 5.56 Å². The molecule has 0 aliphatic carbocycles. The number of hydrogen-bond donors (Lipinski definition) is 0. The standard InChI is InChI=1S/C17H11ClN2O2/c1-20-13-9-5-3-7-11(13)15-14(17(20)21)19-16(22-15)10-6-2-4-8-12(10)18/h2-9H,1H3. The molecule has 22 heavy (non-hydrogen) atoms. The zero-order valence-electron chi connectivity index (χ0n) is 11.7. The molecule has 4 aromatic rings. The minimum Gasteiger partial charge on any atom is -0.435 e. The van der Waals surface area contributed by atoms with E-state index in [1.54, 1.807) is 17.7 Å². The van der Waals surface area contributed by atoms with Gasteiger partial charge in [0.15, 0.2) is 11.1 Å². The molecule has 0 radical (unpaired) electrons. The Labute approximate surface area is 130 Å². The minimum absolute atomic E-state index is 0.184. The molecule has 0 aliphatic heterocycles. The molecule has 5 heteroatoms. The van der Waals surface area contributed by atoms with Crippen LogP contribution in [-0.4, -0.2) is 9.55 Å². The Balaban J connectivity index is 2.15. The molecule has 2 aromatic carbocycles. The van der Waals surface area contributed by atoms with Crippen molar-refractivity contribution >= 4 is 33.6 Å². The number of oxazole rings is 1. The van der Waals surface area contributed by atoms with Crippen molar-refractivity contribution in [2.75, 3.05) is 0 Å². The van der Waals surface area contributed by atoms with E-state index in [4.69, 9.17) is 16.0 Å². The Hall–Kier alpha value is -2.59. The average molecular weight is 311 g/mol. The van der Waals surface area contributed by atoms with E-state index in [0.717, 1.165) is 10.9 Å². The van der Waals surface area contributed by atoms with Gasteiger partial charge in [0.1, 0.15) is 0 Å². The van der Waals surface area contributed by atoms with Crippen molar-refractivity contribution in [1.82, 2.24) is 9.55 Å². The third kappa shape index (κ3) is 1.77. The number of aromatic nitrogens is 2. The first-order valence-electron chi connectivity index (χ1n) is 6.80. The first-order chi connectivity index (χ1) is 10.7. The Morgan fingerprint density at radius 1 is 1.09 bits per heavy atom. The Bertz CT molecular complexity index is 1080. The number of para-hydroxylation sites is 1. The van der Waals surface area contributed by atoms with Crippen molar-refractivity contribution < 1.29 is 4.42 Å². The summed E-state index contributed by atoms with van der Waals surface area (Å²) in [5, 5.41) is 1.39. The van der Waals surface area contributed by atoms with Gasteiger partial charge in [0.25, 0.3) is 5.56 Å². The summed E-state index contributed by atoms with van der Waals surface area (Å²) in [4.78, 5) is 16.8. The molecule has 2 heterocycles. The average Bonchev–Trinajstić information content (AvgIpc) is 2.98. The highest BCUT2D eigenvalue weighted by molar-refractivity contribution is 6.33. The molecule has 0 amide bonds. The normalized spacial score (nSPS) is 11.4. The van der Waals surface area contributed by atoms with Crippen molar-refractivity contribution in [1.29, 1.82) is 0 Å². The molecule has 2 aromatic heterocycles. The Morgan fingerprint density at radius 2 is 1.82 bits per heavy atom. The summed E-state index contributed by atoms with van der Waals surface area (Å²) in [5.74, 6) is 0.356. The summed E-state index contributed by atoms with van der Waals surface area (Å²) in [5.41, 5.74) is 2.11. The van der Waals surface area contributed by atoms with E-state index >= 15 is 0 Å². The molecule has 0 aliphatic rings. The van der Waals surface area contributed by atoms with Crippen molar-refractivity contribution in [3.05, 3.63) is 63.9 Å². The molecule has 4 rings (SSSR count). The number of fused-ring (bicyclic) bond motifs is 3. The van der Waals surface area contributed by atoms with E-state index in [9.17, 15) is 4.79 Å². The molecular formula is C17H11ClN2O2. The molecule has 0 spiro atoms. The number of nitrogens with zero attached hydrogens (tertiary/aromatic N) is 2. The summed E-state index contributed by atoms with van der Waals surface area (Å²) in [7, 11) is 1.73. The van der Waals surface area contributed by atoms with Crippen molar-refractivity contribution in [2.45, 2.75) is 0 Å². The first-order valence-corrected chi connectivity index (χ1v) is 7.18. The van der Waals surface area contributed by atoms with Gasteiger partial charge in [-0.25, -0.2) is 4.98 Å². The van der Waals surface area contributed by atoms with Gasteiger partial charge in [-0.1, -0.05) is 35.9 Å². The van der Waals surface area contributed by atoms with Gasteiger partial charge in [0.2, 0.25) is 5.89 Å². The zero-order chi connectivity index (χ0) is 15.3. The van der Waals surface area contributed by atoms with Crippen LogP contribution in [0.1, 0.15) is 0 Å². The van der Waals surface area contributed by atoms with Crippen LogP contribution in [0.4, 0.5) is 0 Å². The number of rotatable bonds is 1. The van der Waals surface area contributed by atoms with Crippen LogP contribution in [0, 0.1) is 0 Å². The number of hydrogen-bond acceptors (Lipinski definition) is 3. The van der Waals surface area contributed by atoms with Gasteiger partial charge < -0.3 is 8.98 Å². The first kappa shape index (κ1) is 13.1. The maximum Gasteiger partial charge on any atom is 0.280 e. The smallest absolute Gasteiger partial charge is 0.280 e. The fourth-order valence-corrected chi connectivity index (χ4v) is 2.84. The third-order valence-electron chi connectivity index (χ3n) is 3.75. The van der Waals surface area contributed by atoms with Crippen LogP contribution in [0.15, 0.2) is 57.7 Å². The fourth-order valence-electron chi connectivity index (χ4n) is 2.62. The fraction of sp³-hybridized carbons (Fsp3) is 0.0588. The highest BCUT2D eigenvalue weighted by atomic mass is 35.5. The topological polar surface area (TPSA) is 48.0 Å². The molecule has 0 bridgehead atoms. The van der Waals surface area contributed by atoms with Gasteiger partial charge in [-0.05, 0) is 24.3 Å². The second kappa shape index (κ2) is 4.71. The summed E-state index contributed by atoms with van der Waals surface area (Å²) in [6, 6.07) is 14.9. The molecule has 0 unspecified atom stereocenters. The third-order valence-corrected chi connectivity index (χ3v) is 4.08. The lowest BCUT2D eigenvalue weighted by Gasteiger charge is -2.03. The van der Waals surface area contributed by atoms with Crippen molar-refractivity contribution in [3.8, 4) is 11.5 Å². The summed E-state index contributed by atoms with van der Waals surface area (Å²) < 4.78 is 7.46. The monoisotopic (exact) mass is 310 g/mol. The maximum atomic E-state index is 12.5. The van der Waals surface area contributed by atoms with E-state index in [0.29, 0.717) is 27.6 Å². The summed E-state index contributed by atoms with van der Waals surface area (Å²) >= 11 is 6.19. The SMILES string of the molecule is Cn1c(=O)c2nc(-c3ccccc3Cl)oc2c2ccccc21. The van der Waals surface area contributed by atoms with Crippen molar-refractivity contribution in [3.63, 3.8) is 0 Å². The van der Waals surface area contributed by atoms with Gasteiger partial charge in [0.05, 0.1) is 16.1 Å². The van der Waals surface area contributed by atoms with Gasteiger partial charge in [-0.2, -0.15) is 0 Å². The predicted molar refractivity (Wildman–Crippen MR) is 87.2 cm³/mol. The minimum atomic E-state index is -0.184. The second-order valence-corrected chi connectivity index (χ2v) is 5.47. The zero-order valence-corrected chi connectivity index (χ0v) is 12.5. The van der Waals surface area contributed by atoms with E-state index in [-0.39, 0.29) is 5.56 Å². The lowest BCUT2D eigenvalue weighted by molar-refractivity contribution is 0.622. The molecule has 0 atom stereocenters. The quantitative estimate of drug-likeness (QED) is 0.534. The Kier molecular flexibility index (Phi) is 2.81. The van der Waals surface area contributed by atoms with E-state index in [1.165, 1.54) is 0 Å². The molecule has 0 N–H and O–H groups in total. The molecule has 4 nitrogen and oxygen atoms in total. The highest BCUT2D eigenvalue weighted by Crippen LogP contribution is 2.31. The number of pyridine rings is 1. The molecular weight excluding hydrogens is 300 g/mol. The van der Waals surface area contributed by atoms with E-state index in [2.05, 4.69) is 4.98 Å². The van der Waals surface area contributed by atoms with Crippen LogP contribution in [-0.2, 0) is 7.05 Å². The lowest BCUT2D eigenvalue weighted by atomic mass is 10.2. The second-order valence-electron chi connectivity index (χ2n) is 5.06. The van der Waals surface area contributed by atoms with Gasteiger partial charge in [-0.3, -0.25) is 4.79 Å². The van der Waals surface area contributed by atoms with Crippen LogP contribution in [0.5, 0.6) is 0 Å². The van der Waals surface area contributed by atoms with Gasteiger partial charge in [-0.15, -0.1) is 0 Å². The van der Waals surface area contributed by atoms with Crippen LogP contribution in [0.2, 0.25) is 5.02 Å². The van der Waals surface area contributed by atoms with Gasteiger partial charge >= 0.3 is 0 Å². The lowest BCUT2D eigenvalue weighted by Crippen LogP contribution is -2.17. The molecule has 0 saturated carbocycles. The van der Waals surface area contributed by atoms with E-state index < -0.39 is 0 Å². The maximum absolute atomic E-state index is 12.5. The molecule has 0 fully saturated rings. The highest BCUT2D eigenvalue weighted by Gasteiger charge is 2.17. The van der Waals surface area contributed by atoms with Crippen LogP contribution >= 0.6 is 11.6 Å². The number of aryl methyl sites for hydroxylation is 1. The Morgan fingerprint density at radius 3 is 2.64 bits per heavy atom. The summed E-state index contributed by atoms with van der Waals surface area (Å²) in [6.45, 7) is 0. The molecule has 0 saturated heterocycles. The largest absolute Gasteiger partial charge is 0.435 e. The molecule has 108 valence electrons. The predicted octanol–water partition coefficient (Wildman–Crippen LogP) is 4.00. The number of benzene rings is 2. The number of halogens is 1. The van der Waals surface area contributed by atoms with Crippen LogP contribution in [0.25, 0.3) is 33.5 Å².